The second kappa shape index (κ2) is 3.96. The summed E-state index contributed by atoms with van der Waals surface area (Å²) in [6, 6.07) is 4.96. The standard InChI is InChI=1S/C12H14FN3/c1-8-4-5-10(13)11(6-8)15-12-14-9(2)7-16(12)3/h4-7H,1-3H3,(H,14,15). The van der Waals surface area contributed by atoms with E-state index in [0.29, 0.717) is 11.6 Å². The smallest absolute Gasteiger partial charge is 0.207 e. The molecule has 3 nitrogen and oxygen atoms in total. The van der Waals surface area contributed by atoms with Gasteiger partial charge < -0.3 is 9.88 Å². The van der Waals surface area contributed by atoms with E-state index in [2.05, 4.69) is 10.3 Å². The fourth-order valence-electron chi connectivity index (χ4n) is 1.59. The molecular weight excluding hydrogens is 205 g/mol. The molecule has 0 bridgehead atoms. The van der Waals surface area contributed by atoms with Crippen molar-refractivity contribution in [3.8, 4) is 0 Å². The summed E-state index contributed by atoms with van der Waals surface area (Å²) in [7, 11) is 1.87. The lowest BCUT2D eigenvalue weighted by molar-refractivity contribution is 0.631. The summed E-state index contributed by atoms with van der Waals surface area (Å²) in [6.45, 7) is 3.83. The fourth-order valence-corrected chi connectivity index (χ4v) is 1.59. The molecule has 0 fully saturated rings. The van der Waals surface area contributed by atoms with Crippen LogP contribution in [0.2, 0.25) is 0 Å². The van der Waals surface area contributed by atoms with Gasteiger partial charge in [0.25, 0.3) is 0 Å². The van der Waals surface area contributed by atoms with Gasteiger partial charge in [0.2, 0.25) is 5.95 Å². The summed E-state index contributed by atoms with van der Waals surface area (Å²) >= 11 is 0. The van der Waals surface area contributed by atoms with Gasteiger partial charge in [-0.1, -0.05) is 6.07 Å². The first-order valence-electron chi connectivity index (χ1n) is 5.09. The number of benzene rings is 1. The van der Waals surface area contributed by atoms with E-state index < -0.39 is 0 Å². The number of aromatic nitrogens is 2. The largest absolute Gasteiger partial charge is 0.323 e. The minimum absolute atomic E-state index is 0.272. The van der Waals surface area contributed by atoms with Crippen LogP contribution in [0.25, 0.3) is 0 Å². The molecule has 2 aromatic rings. The monoisotopic (exact) mass is 219 g/mol. The Morgan fingerprint density at radius 2 is 2.06 bits per heavy atom. The SMILES string of the molecule is Cc1ccc(F)c(Nc2nc(C)cn2C)c1. The first kappa shape index (κ1) is 10.7. The highest BCUT2D eigenvalue weighted by Crippen LogP contribution is 2.20. The van der Waals surface area contributed by atoms with Gasteiger partial charge in [-0.2, -0.15) is 0 Å². The zero-order valence-electron chi connectivity index (χ0n) is 9.58. The van der Waals surface area contributed by atoms with Gasteiger partial charge in [-0.05, 0) is 31.5 Å². The number of hydrogen-bond donors (Lipinski definition) is 1. The lowest BCUT2D eigenvalue weighted by Crippen LogP contribution is -2.00. The van der Waals surface area contributed by atoms with Crippen LogP contribution in [-0.4, -0.2) is 9.55 Å². The van der Waals surface area contributed by atoms with Crippen molar-refractivity contribution >= 4 is 11.6 Å². The van der Waals surface area contributed by atoms with Crippen LogP contribution in [0, 0.1) is 19.7 Å². The molecule has 0 radical (unpaired) electrons. The number of imidazole rings is 1. The third-order valence-corrected chi connectivity index (χ3v) is 2.37. The molecular formula is C12H14FN3. The molecule has 0 aliphatic heterocycles. The first-order chi connectivity index (χ1) is 7.56. The Morgan fingerprint density at radius 3 is 2.69 bits per heavy atom. The van der Waals surface area contributed by atoms with Gasteiger partial charge >= 0.3 is 0 Å². The Labute approximate surface area is 93.9 Å². The third-order valence-electron chi connectivity index (χ3n) is 2.37. The van der Waals surface area contributed by atoms with Crippen molar-refractivity contribution in [3.63, 3.8) is 0 Å². The van der Waals surface area contributed by atoms with Gasteiger partial charge in [-0.3, -0.25) is 0 Å². The molecule has 0 aliphatic carbocycles. The quantitative estimate of drug-likeness (QED) is 0.841. The van der Waals surface area contributed by atoms with E-state index in [4.69, 9.17) is 0 Å². The second-order valence-electron chi connectivity index (χ2n) is 3.93. The summed E-state index contributed by atoms with van der Waals surface area (Å²) in [6.07, 6.45) is 1.88. The molecule has 1 N–H and O–H groups in total. The molecule has 1 aromatic heterocycles. The minimum Gasteiger partial charge on any atom is -0.323 e. The van der Waals surface area contributed by atoms with Crippen LogP contribution in [0.3, 0.4) is 0 Å². The van der Waals surface area contributed by atoms with E-state index >= 15 is 0 Å². The van der Waals surface area contributed by atoms with Crippen LogP contribution in [-0.2, 0) is 7.05 Å². The molecule has 0 saturated carbocycles. The van der Waals surface area contributed by atoms with Gasteiger partial charge in [0.15, 0.2) is 0 Å². The van der Waals surface area contributed by atoms with Gasteiger partial charge in [-0.15, -0.1) is 0 Å². The molecule has 1 heterocycles. The number of rotatable bonds is 2. The highest BCUT2D eigenvalue weighted by molar-refractivity contribution is 5.55. The normalized spacial score (nSPS) is 10.5. The number of hydrogen-bond acceptors (Lipinski definition) is 2. The molecule has 0 amide bonds. The van der Waals surface area contributed by atoms with Gasteiger partial charge in [0, 0.05) is 13.2 Å². The Morgan fingerprint density at radius 1 is 1.31 bits per heavy atom. The maximum absolute atomic E-state index is 13.5. The molecule has 2 rings (SSSR count). The third kappa shape index (κ3) is 2.05. The average Bonchev–Trinajstić information content (AvgIpc) is 2.51. The number of halogens is 1. The van der Waals surface area contributed by atoms with Gasteiger partial charge in [0.05, 0.1) is 11.4 Å². The second-order valence-corrected chi connectivity index (χ2v) is 3.93. The average molecular weight is 219 g/mol. The summed E-state index contributed by atoms with van der Waals surface area (Å²) in [5.74, 6) is 0.369. The van der Waals surface area contributed by atoms with Crippen molar-refractivity contribution < 1.29 is 4.39 Å². The number of anilines is 2. The summed E-state index contributed by atoms with van der Waals surface area (Å²) in [4.78, 5) is 4.26. The van der Waals surface area contributed by atoms with E-state index in [1.54, 1.807) is 12.1 Å². The van der Waals surface area contributed by atoms with E-state index in [9.17, 15) is 4.39 Å². The lowest BCUT2D eigenvalue weighted by Gasteiger charge is -2.07. The van der Waals surface area contributed by atoms with Crippen LogP contribution in [0.4, 0.5) is 16.0 Å². The Bertz CT molecular complexity index is 517. The Kier molecular flexibility index (Phi) is 2.64. The van der Waals surface area contributed by atoms with Crippen LogP contribution in [0.1, 0.15) is 11.3 Å². The van der Waals surface area contributed by atoms with Crippen molar-refractivity contribution in [2.24, 2.45) is 7.05 Å². The van der Waals surface area contributed by atoms with E-state index in [0.717, 1.165) is 11.3 Å². The van der Waals surface area contributed by atoms with Crippen LogP contribution >= 0.6 is 0 Å². The maximum Gasteiger partial charge on any atom is 0.207 e. The molecule has 4 heteroatoms. The van der Waals surface area contributed by atoms with E-state index in [-0.39, 0.29) is 5.82 Å². The number of nitrogens with zero attached hydrogens (tertiary/aromatic N) is 2. The Hall–Kier alpha value is -1.84. The van der Waals surface area contributed by atoms with Crippen molar-refractivity contribution in [3.05, 3.63) is 41.5 Å². The van der Waals surface area contributed by atoms with Crippen molar-refractivity contribution in [2.75, 3.05) is 5.32 Å². The Balaban J connectivity index is 2.33. The molecule has 0 spiro atoms. The summed E-state index contributed by atoms with van der Waals surface area (Å²) < 4.78 is 15.3. The molecule has 1 aromatic carbocycles. The molecule has 0 aliphatic rings. The summed E-state index contributed by atoms with van der Waals surface area (Å²) in [5.41, 5.74) is 2.36. The van der Waals surface area contributed by atoms with Crippen LogP contribution in [0.5, 0.6) is 0 Å². The van der Waals surface area contributed by atoms with Crippen molar-refractivity contribution in [2.45, 2.75) is 13.8 Å². The van der Waals surface area contributed by atoms with Crippen molar-refractivity contribution in [1.82, 2.24) is 9.55 Å². The highest BCUT2D eigenvalue weighted by atomic mass is 19.1. The minimum atomic E-state index is -0.272. The van der Waals surface area contributed by atoms with E-state index in [1.165, 1.54) is 6.07 Å². The predicted octanol–water partition coefficient (Wildman–Crippen LogP) is 2.92. The molecule has 0 unspecified atom stereocenters. The predicted molar refractivity (Wildman–Crippen MR) is 62.4 cm³/mol. The van der Waals surface area contributed by atoms with Gasteiger partial charge in [0.1, 0.15) is 5.82 Å². The summed E-state index contributed by atoms with van der Waals surface area (Å²) in [5, 5.41) is 2.98. The van der Waals surface area contributed by atoms with Gasteiger partial charge in [-0.25, -0.2) is 9.37 Å². The molecule has 16 heavy (non-hydrogen) atoms. The molecule has 0 saturated heterocycles. The fraction of sp³-hybridized carbons (Fsp3) is 0.250. The lowest BCUT2D eigenvalue weighted by atomic mass is 10.2. The molecule has 0 atom stereocenters. The topological polar surface area (TPSA) is 29.9 Å². The first-order valence-corrected chi connectivity index (χ1v) is 5.09. The number of aryl methyl sites for hydroxylation is 3. The number of nitrogens with one attached hydrogen (secondary N) is 1. The zero-order valence-corrected chi connectivity index (χ0v) is 9.58. The van der Waals surface area contributed by atoms with Crippen LogP contribution in [0.15, 0.2) is 24.4 Å². The van der Waals surface area contributed by atoms with E-state index in [1.807, 2.05) is 31.7 Å². The molecule has 84 valence electrons. The van der Waals surface area contributed by atoms with Crippen molar-refractivity contribution in [1.29, 1.82) is 0 Å². The zero-order chi connectivity index (χ0) is 11.7. The van der Waals surface area contributed by atoms with Crippen LogP contribution < -0.4 is 5.32 Å². The highest BCUT2D eigenvalue weighted by Gasteiger charge is 2.06. The maximum atomic E-state index is 13.5.